The molecule has 1 rings (SSSR count). The lowest BCUT2D eigenvalue weighted by atomic mass is 10.00. The molecule has 0 aliphatic carbocycles. The first-order valence-electron chi connectivity index (χ1n) is 9.09. The monoisotopic (exact) mass is 393 g/mol. The first-order chi connectivity index (χ1) is 13.0. The number of non-ortho nitro benzene ring substituents is 1. The van der Waals surface area contributed by atoms with Crippen LogP contribution in [-0.4, -0.2) is 39.9 Å². The van der Waals surface area contributed by atoms with Gasteiger partial charge in [0.05, 0.1) is 4.92 Å². The van der Waals surface area contributed by atoms with Gasteiger partial charge < -0.3 is 15.7 Å². The molecule has 28 heavy (non-hydrogen) atoms. The second-order valence-corrected chi connectivity index (χ2v) is 7.49. The van der Waals surface area contributed by atoms with Gasteiger partial charge in [-0.15, -0.1) is 0 Å². The minimum absolute atomic E-state index is 0.0691. The van der Waals surface area contributed by atoms with Crippen LogP contribution in [0.4, 0.5) is 5.69 Å². The van der Waals surface area contributed by atoms with Crippen LogP contribution in [-0.2, 0) is 9.59 Å². The van der Waals surface area contributed by atoms with E-state index in [2.05, 4.69) is 10.6 Å². The molecule has 0 fully saturated rings. The first-order valence-corrected chi connectivity index (χ1v) is 9.09. The summed E-state index contributed by atoms with van der Waals surface area (Å²) in [5, 5.41) is 25.1. The summed E-state index contributed by atoms with van der Waals surface area (Å²) < 4.78 is 0. The number of nitro benzene ring substituents is 1. The molecule has 1 aromatic rings. The van der Waals surface area contributed by atoms with Crippen LogP contribution in [0.15, 0.2) is 24.3 Å². The molecule has 0 aromatic heterocycles. The van der Waals surface area contributed by atoms with Crippen molar-refractivity contribution in [3.05, 3.63) is 39.9 Å². The number of hydrogen-bond acceptors (Lipinski definition) is 5. The lowest BCUT2D eigenvalue weighted by Gasteiger charge is -2.23. The number of benzene rings is 1. The van der Waals surface area contributed by atoms with Crippen molar-refractivity contribution in [1.82, 2.24) is 10.6 Å². The van der Waals surface area contributed by atoms with E-state index in [4.69, 9.17) is 0 Å². The molecule has 0 heterocycles. The highest BCUT2D eigenvalue weighted by Crippen LogP contribution is 2.13. The maximum Gasteiger partial charge on any atom is 0.326 e. The average Bonchev–Trinajstić information content (AvgIpc) is 2.59. The van der Waals surface area contributed by atoms with Crippen LogP contribution in [0, 0.1) is 22.0 Å². The summed E-state index contributed by atoms with van der Waals surface area (Å²) in [5.41, 5.74) is 0.0233. The van der Waals surface area contributed by atoms with Crippen molar-refractivity contribution in [2.24, 2.45) is 11.8 Å². The number of nitrogens with one attached hydrogen (secondary N) is 2. The molecule has 0 bridgehead atoms. The molecule has 154 valence electrons. The second-order valence-electron chi connectivity index (χ2n) is 7.49. The molecular weight excluding hydrogens is 366 g/mol. The van der Waals surface area contributed by atoms with Crippen LogP contribution in [0.25, 0.3) is 0 Å². The second kappa shape index (κ2) is 10.4. The molecule has 0 aliphatic rings. The van der Waals surface area contributed by atoms with Crippen LogP contribution >= 0.6 is 0 Å². The third kappa shape index (κ3) is 7.34. The highest BCUT2D eigenvalue weighted by atomic mass is 16.6. The first kappa shape index (κ1) is 23.1. The van der Waals surface area contributed by atoms with E-state index in [1.165, 1.54) is 24.3 Å². The number of aliphatic carboxylic acids is 1. The zero-order valence-electron chi connectivity index (χ0n) is 16.5. The Hall–Kier alpha value is -2.97. The fraction of sp³-hybridized carbons (Fsp3) is 0.526. The van der Waals surface area contributed by atoms with Crippen molar-refractivity contribution in [3.63, 3.8) is 0 Å². The lowest BCUT2D eigenvalue weighted by Crippen LogP contribution is -2.52. The van der Waals surface area contributed by atoms with E-state index in [-0.39, 0.29) is 29.5 Å². The number of hydrogen-bond donors (Lipinski definition) is 3. The van der Waals surface area contributed by atoms with Crippen LogP contribution in [0.1, 0.15) is 50.9 Å². The van der Waals surface area contributed by atoms with Crippen molar-refractivity contribution >= 4 is 23.5 Å². The summed E-state index contributed by atoms with van der Waals surface area (Å²) >= 11 is 0. The van der Waals surface area contributed by atoms with Crippen molar-refractivity contribution < 1.29 is 24.4 Å². The third-order valence-corrected chi connectivity index (χ3v) is 3.99. The smallest absolute Gasteiger partial charge is 0.326 e. The number of nitrogens with zero attached hydrogens (tertiary/aromatic N) is 1. The number of carbonyl (C=O) groups is 3. The van der Waals surface area contributed by atoms with E-state index < -0.39 is 34.8 Å². The Morgan fingerprint density at radius 3 is 1.89 bits per heavy atom. The van der Waals surface area contributed by atoms with Crippen LogP contribution < -0.4 is 10.6 Å². The Kier molecular flexibility index (Phi) is 8.56. The molecule has 0 radical (unpaired) electrons. The number of carboxylic acid groups (broad SMARTS) is 1. The molecule has 0 unspecified atom stereocenters. The number of amides is 2. The molecule has 9 nitrogen and oxygen atoms in total. The molecular formula is C19H27N3O6. The van der Waals surface area contributed by atoms with Crippen molar-refractivity contribution in [2.45, 2.75) is 52.6 Å². The maximum absolute atomic E-state index is 12.6. The molecule has 2 amide bonds. The highest BCUT2D eigenvalue weighted by molar-refractivity contribution is 5.98. The number of nitro groups is 1. The maximum atomic E-state index is 12.6. The standard InChI is InChI=1S/C19H27N3O6/c1-11(2)9-15(18(24)21-16(19(25)26)10-12(3)4)20-17(23)13-5-7-14(8-6-13)22(27)28/h5-8,11-12,15-16H,9-10H2,1-4H3,(H,20,23)(H,21,24)(H,25,26)/t15-,16-/m1/s1. The van der Waals surface area contributed by atoms with Gasteiger partial charge in [0.1, 0.15) is 12.1 Å². The van der Waals surface area contributed by atoms with Gasteiger partial charge in [-0.1, -0.05) is 27.7 Å². The van der Waals surface area contributed by atoms with Gasteiger partial charge in [-0.3, -0.25) is 19.7 Å². The molecule has 1 aromatic carbocycles. The summed E-state index contributed by atoms with van der Waals surface area (Å²) in [6.45, 7) is 7.45. The van der Waals surface area contributed by atoms with E-state index >= 15 is 0 Å². The SMILES string of the molecule is CC(C)C[C@@H](NC(=O)[C@@H](CC(C)C)NC(=O)c1ccc([N+](=O)[O-])cc1)C(=O)O. The van der Waals surface area contributed by atoms with Crippen molar-refractivity contribution in [3.8, 4) is 0 Å². The average molecular weight is 393 g/mol. The van der Waals surface area contributed by atoms with E-state index in [1.54, 1.807) is 0 Å². The largest absolute Gasteiger partial charge is 0.480 e. The van der Waals surface area contributed by atoms with Crippen LogP contribution in [0.2, 0.25) is 0 Å². The zero-order chi connectivity index (χ0) is 21.4. The molecule has 0 aliphatic heterocycles. The predicted octanol–water partition coefficient (Wildman–Crippen LogP) is 2.35. The van der Waals surface area contributed by atoms with Crippen LogP contribution in [0.3, 0.4) is 0 Å². The minimum atomic E-state index is -1.13. The van der Waals surface area contributed by atoms with Gasteiger partial charge in [0.2, 0.25) is 5.91 Å². The van der Waals surface area contributed by atoms with Gasteiger partial charge in [-0.25, -0.2) is 4.79 Å². The Morgan fingerprint density at radius 1 is 0.964 bits per heavy atom. The van der Waals surface area contributed by atoms with Crippen molar-refractivity contribution in [2.75, 3.05) is 0 Å². The van der Waals surface area contributed by atoms with E-state index in [0.717, 1.165) is 0 Å². The van der Waals surface area contributed by atoms with Gasteiger partial charge in [0.15, 0.2) is 0 Å². The molecule has 0 spiro atoms. The molecule has 9 heteroatoms. The zero-order valence-corrected chi connectivity index (χ0v) is 16.5. The number of rotatable bonds is 10. The van der Waals surface area contributed by atoms with Gasteiger partial charge in [-0.2, -0.15) is 0 Å². The predicted molar refractivity (Wildman–Crippen MR) is 103 cm³/mol. The molecule has 2 atom stereocenters. The molecule has 3 N–H and O–H groups in total. The summed E-state index contributed by atoms with van der Waals surface area (Å²) in [6, 6.07) is 3.05. The van der Waals surface area contributed by atoms with Gasteiger partial charge in [-0.05, 0) is 36.8 Å². The summed E-state index contributed by atoms with van der Waals surface area (Å²) in [7, 11) is 0. The van der Waals surface area contributed by atoms with E-state index in [1.807, 2.05) is 27.7 Å². The number of carboxylic acids is 1. The Labute approximate surface area is 163 Å². The fourth-order valence-electron chi connectivity index (χ4n) is 2.64. The minimum Gasteiger partial charge on any atom is -0.480 e. The lowest BCUT2D eigenvalue weighted by molar-refractivity contribution is -0.384. The summed E-state index contributed by atoms with van der Waals surface area (Å²) in [4.78, 5) is 46.6. The third-order valence-electron chi connectivity index (χ3n) is 3.99. The summed E-state index contributed by atoms with van der Waals surface area (Å²) in [5.74, 6) is -2.13. The summed E-state index contributed by atoms with van der Waals surface area (Å²) in [6.07, 6.45) is 0.588. The topological polar surface area (TPSA) is 139 Å². The molecule has 0 saturated carbocycles. The Bertz CT molecular complexity index is 715. The van der Waals surface area contributed by atoms with Crippen LogP contribution in [0.5, 0.6) is 0 Å². The normalized spacial score (nSPS) is 13.1. The fourth-order valence-corrected chi connectivity index (χ4v) is 2.64. The number of carbonyl (C=O) groups excluding carboxylic acids is 2. The quantitative estimate of drug-likeness (QED) is 0.412. The van der Waals surface area contributed by atoms with Gasteiger partial charge >= 0.3 is 5.97 Å². The van der Waals surface area contributed by atoms with Gasteiger partial charge in [0.25, 0.3) is 11.6 Å². The Balaban J connectivity index is 2.91. The highest BCUT2D eigenvalue weighted by Gasteiger charge is 2.28. The van der Waals surface area contributed by atoms with E-state index in [9.17, 15) is 29.6 Å². The van der Waals surface area contributed by atoms with E-state index in [0.29, 0.717) is 6.42 Å². The Morgan fingerprint density at radius 2 is 1.46 bits per heavy atom. The van der Waals surface area contributed by atoms with Crippen molar-refractivity contribution in [1.29, 1.82) is 0 Å². The molecule has 0 saturated heterocycles. The van der Waals surface area contributed by atoms with Gasteiger partial charge in [0, 0.05) is 17.7 Å².